The van der Waals surface area contributed by atoms with Crippen molar-refractivity contribution in [2.24, 2.45) is 0 Å². The maximum absolute atomic E-state index is 14.0. The third-order valence-electron chi connectivity index (χ3n) is 3.42. The smallest absolute Gasteiger partial charge is 0.407 e. The Bertz CT molecular complexity index is 784. The van der Waals surface area contributed by atoms with Gasteiger partial charge in [0.1, 0.15) is 18.0 Å². The molecule has 0 atom stereocenters. The predicted octanol–water partition coefficient (Wildman–Crippen LogP) is 4.41. The first-order valence-electron chi connectivity index (χ1n) is 8.35. The minimum atomic E-state index is -0.565. The van der Waals surface area contributed by atoms with E-state index < -0.39 is 11.7 Å². The summed E-state index contributed by atoms with van der Waals surface area (Å²) in [6, 6.07) is 9.61. The topological polar surface area (TPSA) is 67.8 Å². The van der Waals surface area contributed by atoms with E-state index >= 15 is 0 Å². The molecule has 0 aliphatic heterocycles. The van der Waals surface area contributed by atoms with E-state index in [9.17, 15) is 14.3 Å². The van der Waals surface area contributed by atoms with Crippen LogP contribution in [-0.2, 0) is 4.74 Å². The Hall–Kier alpha value is -2.76. The van der Waals surface area contributed by atoms with Crippen molar-refractivity contribution < 1.29 is 23.8 Å². The Kier molecular flexibility index (Phi) is 6.08. The number of amides is 1. The molecule has 2 aromatic carbocycles. The Balaban J connectivity index is 1.93. The number of ether oxygens (including phenoxy) is 2. The lowest BCUT2D eigenvalue weighted by atomic mass is 10.0. The van der Waals surface area contributed by atoms with E-state index in [1.807, 2.05) is 13.0 Å². The van der Waals surface area contributed by atoms with Crippen molar-refractivity contribution in [2.45, 2.75) is 33.3 Å². The lowest BCUT2D eigenvalue weighted by molar-refractivity contribution is 0.0520. The van der Waals surface area contributed by atoms with Gasteiger partial charge in [0.05, 0.1) is 6.54 Å². The standard InChI is InChI=1S/C20H24FNO4/c1-13-5-7-15(16(21)11-13)14-6-8-18(17(23)12-14)25-10-9-22-19(24)26-20(2,3)4/h5-8,11-12,23H,9-10H2,1-4H3,(H,22,24). The molecule has 2 aromatic rings. The molecule has 140 valence electrons. The summed E-state index contributed by atoms with van der Waals surface area (Å²) in [4.78, 5) is 11.5. The summed E-state index contributed by atoms with van der Waals surface area (Å²) in [7, 11) is 0. The zero-order valence-electron chi connectivity index (χ0n) is 15.4. The number of hydrogen-bond donors (Lipinski definition) is 2. The van der Waals surface area contributed by atoms with Gasteiger partial charge in [0, 0.05) is 5.56 Å². The molecule has 0 bridgehead atoms. The van der Waals surface area contributed by atoms with Gasteiger partial charge in [0.25, 0.3) is 0 Å². The number of nitrogens with one attached hydrogen (secondary N) is 1. The number of alkyl carbamates (subject to hydrolysis) is 1. The molecule has 2 rings (SSSR count). The molecule has 26 heavy (non-hydrogen) atoms. The molecule has 0 radical (unpaired) electrons. The average molecular weight is 361 g/mol. The number of aromatic hydroxyl groups is 1. The van der Waals surface area contributed by atoms with Gasteiger partial charge in [-0.05, 0) is 57.0 Å². The van der Waals surface area contributed by atoms with Crippen molar-refractivity contribution in [1.82, 2.24) is 5.32 Å². The van der Waals surface area contributed by atoms with Crippen LogP contribution in [0.5, 0.6) is 11.5 Å². The fourth-order valence-corrected chi connectivity index (χ4v) is 2.29. The molecule has 0 aliphatic rings. The Morgan fingerprint density at radius 3 is 2.54 bits per heavy atom. The van der Waals surface area contributed by atoms with Gasteiger partial charge in [0.15, 0.2) is 11.5 Å². The minimum absolute atomic E-state index is 0.0975. The third-order valence-corrected chi connectivity index (χ3v) is 3.42. The van der Waals surface area contributed by atoms with Crippen LogP contribution < -0.4 is 10.1 Å². The van der Waals surface area contributed by atoms with Crippen LogP contribution in [0.15, 0.2) is 36.4 Å². The Labute approximate surface area is 152 Å². The molecule has 0 aliphatic carbocycles. The highest BCUT2D eigenvalue weighted by molar-refractivity contribution is 5.68. The van der Waals surface area contributed by atoms with Crippen molar-refractivity contribution in [1.29, 1.82) is 0 Å². The summed E-state index contributed by atoms with van der Waals surface area (Å²) < 4.78 is 24.6. The molecule has 0 saturated carbocycles. The van der Waals surface area contributed by atoms with E-state index in [4.69, 9.17) is 9.47 Å². The Morgan fingerprint density at radius 1 is 1.19 bits per heavy atom. The molecule has 5 nitrogen and oxygen atoms in total. The highest BCUT2D eigenvalue weighted by atomic mass is 19.1. The van der Waals surface area contributed by atoms with E-state index in [0.717, 1.165) is 5.56 Å². The van der Waals surface area contributed by atoms with E-state index in [-0.39, 0.29) is 30.5 Å². The summed E-state index contributed by atoms with van der Waals surface area (Å²) >= 11 is 0. The summed E-state index contributed by atoms with van der Waals surface area (Å²) in [6.07, 6.45) is -0.532. The van der Waals surface area contributed by atoms with Gasteiger partial charge < -0.3 is 19.9 Å². The monoisotopic (exact) mass is 361 g/mol. The van der Waals surface area contributed by atoms with Crippen molar-refractivity contribution in [3.05, 3.63) is 47.8 Å². The van der Waals surface area contributed by atoms with E-state index in [2.05, 4.69) is 5.32 Å². The normalized spacial score (nSPS) is 11.1. The Morgan fingerprint density at radius 2 is 1.92 bits per heavy atom. The number of phenolic OH excluding ortho intramolecular Hbond substituents is 1. The molecule has 0 aromatic heterocycles. The number of carbonyl (C=O) groups is 1. The first-order valence-corrected chi connectivity index (χ1v) is 8.35. The van der Waals surface area contributed by atoms with Crippen molar-refractivity contribution >= 4 is 6.09 Å². The first kappa shape index (κ1) is 19.6. The number of rotatable bonds is 5. The van der Waals surface area contributed by atoms with Crippen LogP contribution >= 0.6 is 0 Å². The van der Waals surface area contributed by atoms with Crippen LogP contribution in [0.3, 0.4) is 0 Å². The summed E-state index contributed by atoms with van der Waals surface area (Å²) in [5, 5.41) is 12.7. The van der Waals surface area contributed by atoms with Crippen LogP contribution in [0.1, 0.15) is 26.3 Å². The number of carbonyl (C=O) groups excluding carboxylic acids is 1. The van der Waals surface area contributed by atoms with Gasteiger partial charge in [-0.15, -0.1) is 0 Å². The van der Waals surface area contributed by atoms with Gasteiger partial charge in [-0.3, -0.25) is 0 Å². The maximum atomic E-state index is 14.0. The van der Waals surface area contributed by atoms with Gasteiger partial charge in [-0.25, -0.2) is 9.18 Å². The number of hydrogen-bond acceptors (Lipinski definition) is 4. The van der Waals surface area contributed by atoms with Gasteiger partial charge in [0.2, 0.25) is 0 Å². The van der Waals surface area contributed by atoms with Gasteiger partial charge in [-0.1, -0.05) is 18.2 Å². The second kappa shape index (κ2) is 8.08. The SMILES string of the molecule is Cc1ccc(-c2ccc(OCCNC(=O)OC(C)(C)C)c(O)c2)c(F)c1. The second-order valence-corrected chi connectivity index (χ2v) is 6.94. The van der Waals surface area contributed by atoms with Crippen LogP contribution in [0.2, 0.25) is 0 Å². The quantitative estimate of drug-likeness (QED) is 0.774. The lowest BCUT2D eigenvalue weighted by Gasteiger charge is -2.19. The summed E-state index contributed by atoms with van der Waals surface area (Å²) in [6.45, 7) is 7.53. The molecule has 1 amide bonds. The number of benzene rings is 2. The first-order chi connectivity index (χ1) is 12.2. The van der Waals surface area contributed by atoms with Crippen LogP contribution in [0, 0.1) is 12.7 Å². The molecule has 0 heterocycles. The summed E-state index contributed by atoms with van der Waals surface area (Å²) in [5.74, 6) is -0.188. The van der Waals surface area contributed by atoms with Crippen LogP contribution in [0.25, 0.3) is 11.1 Å². The zero-order valence-corrected chi connectivity index (χ0v) is 15.4. The highest BCUT2D eigenvalue weighted by Gasteiger charge is 2.15. The molecular formula is C20H24FNO4. The fourth-order valence-electron chi connectivity index (χ4n) is 2.29. The largest absolute Gasteiger partial charge is 0.504 e. The second-order valence-electron chi connectivity index (χ2n) is 6.94. The maximum Gasteiger partial charge on any atom is 0.407 e. The minimum Gasteiger partial charge on any atom is -0.504 e. The highest BCUT2D eigenvalue weighted by Crippen LogP contribution is 2.32. The van der Waals surface area contributed by atoms with Gasteiger partial charge >= 0.3 is 6.09 Å². The van der Waals surface area contributed by atoms with Crippen molar-refractivity contribution in [3.63, 3.8) is 0 Å². The predicted molar refractivity (Wildman–Crippen MR) is 98.0 cm³/mol. The van der Waals surface area contributed by atoms with Crippen molar-refractivity contribution in [2.75, 3.05) is 13.2 Å². The summed E-state index contributed by atoms with van der Waals surface area (Å²) in [5.41, 5.74) is 1.22. The zero-order chi connectivity index (χ0) is 19.3. The van der Waals surface area contributed by atoms with E-state index in [0.29, 0.717) is 11.1 Å². The van der Waals surface area contributed by atoms with Gasteiger partial charge in [-0.2, -0.15) is 0 Å². The van der Waals surface area contributed by atoms with E-state index in [1.165, 1.54) is 12.1 Å². The number of phenols is 1. The lowest BCUT2D eigenvalue weighted by Crippen LogP contribution is -2.34. The number of halogens is 1. The molecule has 2 N–H and O–H groups in total. The fraction of sp³-hybridized carbons (Fsp3) is 0.350. The molecular weight excluding hydrogens is 337 g/mol. The molecule has 6 heteroatoms. The molecule has 0 unspecified atom stereocenters. The van der Waals surface area contributed by atoms with Crippen molar-refractivity contribution in [3.8, 4) is 22.6 Å². The van der Waals surface area contributed by atoms with Crippen LogP contribution in [0.4, 0.5) is 9.18 Å². The average Bonchev–Trinajstić information content (AvgIpc) is 2.51. The molecule has 0 fully saturated rings. The third kappa shape index (κ3) is 5.65. The number of aryl methyl sites for hydroxylation is 1. The molecule has 0 spiro atoms. The van der Waals surface area contributed by atoms with Crippen LogP contribution in [-0.4, -0.2) is 30.0 Å². The molecule has 0 saturated heterocycles. The van der Waals surface area contributed by atoms with E-state index in [1.54, 1.807) is 39.0 Å².